The summed E-state index contributed by atoms with van der Waals surface area (Å²) in [5, 5.41) is 5.33. The highest BCUT2D eigenvalue weighted by atomic mass is 35.5. The normalized spacial score (nSPS) is 15.7. The number of aromatic nitrogens is 3. The molecule has 0 bridgehead atoms. The first kappa shape index (κ1) is 17.3. The molecule has 0 unspecified atom stereocenters. The van der Waals surface area contributed by atoms with E-state index >= 15 is 0 Å². The Morgan fingerprint density at radius 1 is 1.15 bits per heavy atom. The summed E-state index contributed by atoms with van der Waals surface area (Å²) < 4.78 is 5.73. The van der Waals surface area contributed by atoms with Crippen molar-refractivity contribution in [1.29, 1.82) is 0 Å². The van der Waals surface area contributed by atoms with Crippen LogP contribution < -0.4 is 10.2 Å². The SMILES string of the molecule is Clc1ccc(COCNC2CCN(c3ncnc4[nH]ccc34)CC2)cc1. The number of halogens is 1. The first-order chi connectivity index (χ1) is 12.8. The Bertz CT molecular complexity index is 843. The Balaban J connectivity index is 1.22. The van der Waals surface area contributed by atoms with Crippen LogP contribution in [-0.4, -0.2) is 40.8 Å². The lowest BCUT2D eigenvalue weighted by Gasteiger charge is -2.33. The molecule has 1 saturated heterocycles. The Labute approximate surface area is 157 Å². The van der Waals surface area contributed by atoms with E-state index < -0.39 is 0 Å². The second kappa shape index (κ2) is 8.03. The van der Waals surface area contributed by atoms with Crippen LogP contribution in [0.4, 0.5) is 5.82 Å². The number of benzene rings is 1. The van der Waals surface area contributed by atoms with Crippen molar-refractivity contribution in [2.75, 3.05) is 24.7 Å². The lowest BCUT2D eigenvalue weighted by Crippen LogP contribution is -2.43. The van der Waals surface area contributed by atoms with Gasteiger partial charge in [0.2, 0.25) is 0 Å². The third kappa shape index (κ3) is 3.98. The molecule has 0 saturated carbocycles. The number of aromatic amines is 1. The Kier molecular flexibility index (Phi) is 5.34. The van der Waals surface area contributed by atoms with Crippen molar-refractivity contribution in [3.8, 4) is 0 Å². The highest BCUT2D eigenvalue weighted by Crippen LogP contribution is 2.24. The van der Waals surface area contributed by atoms with E-state index in [2.05, 4.69) is 25.2 Å². The van der Waals surface area contributed by atoms with Crippen LogP contribution in [0.25, 0.3) is 11.0 Å². The Morgan fingerprint density at radius 2 is 1.96 bits per heavy atom. The molecule has 0 radical (unpaired) electrons. The van der Waals surface area contributed by atoms with Crippen LogP contribution in [0.3, 0.4) is 0 Å². The zero-order valence-electron chi connectivity index (χ0n) is 14.5. The third-order valence-electron chi connectivity index (χ3n) is 4.78. The molecule has 1 aliphatic rings. The summed E-state index contributed by atoms with van der Waals surface area (Å²) in [6.45, 7) is 3.11. The smallest absolute Gasteiger partial charge is 0.142 e. The second-order valence-electron chi connectivity index (χ2n) is 6.52. The molecule has 6 nitrogen and oxygen atoms in total. The molecule has 0 aliphatic carbocycles. The third-order valence-corrected chi connectivity index (χ3v) is 5.04. The molecule has 1 aliphatic heterocycles. The lowest BCUT2D eigenvalue weighted by atomic mass is 10.1. The average molecular weight is 372 g/mol. The van der Waals surface area contributed by atoms with E-state index in [4.69, 9.17) is 16.3 Å². The molecule has 2 aromatic heterocycles. The van der Waals surface area contributed by atoms with E-state index in [1.54, 1.807) is 6.33 Å². The number of H-pyrrole nitrogens is 1. The second-order valence-corrected chi connectivity index (χ2v) is 6.96. The van der Waals surface area contributed by atoms with Gasteiger partial charge in [0, 0.05) is 30.4 Å². The van der Waals surface area contributed by atoms with E-state index in [0.29, 0.717) is 19.4 Å². The quantitative estimate of drug-likeness (QED) is 0.514. The van der Waals surface area contributed by atoms with Gasteiger partial charge in [-0.3, -0.25) is 5.32 Å². The highest BCUT2D eigenvalue weighted by molar-refractivity contribution is 6.30. The summed E-state index contributed by atoms with van der Waals surface area (Å²) in [5.74, 6) is 1.02. The van der Waals surface area contributed by atoms with Crippen LogP contribution in [0.2, 0.25) is 5.02 Å². The van der Waals surface area contributed by atoms with Gasteiger partial charge in [-0.1, -0.05) is 23.7 Å². The number of ether oxygens (including phenoxy) is 1. The fourth-order valence-electron chi connectivity index (χ4n) is 3.33. The highest BCUT2D eigenvalue weighted by Gasteiger charge is 2.21. The van der Waals surface area contributed by atoms with Crippen LogP contribution in [0.1, 0.15) is 18.4 Å². The maximum atomic E-state index is 5.89. The van der Waals surface area contributed by atoms with Crippen molar-refractivity contribution >= 4 is 28.5 Å². The summed E-state index contributed by atoms with van der Waals surface area (Å²) in [7, 11) is 0. The number of hydrogen-bond donors (Lipinski definition) is 2. The van der Waals surface area contributed by atoms with Gasteiger partial charge in [0.15, 0.2) is 0 Å². The molecule has 0 spiro atoms. The van der Waals surface area contributed by atoms with E-state index in [1.807, 2.05) is 36.5 Å². The number of anilines is 1. The predicted molar refractivity (Wildman–Crippen MR) is 103 cm³/mol. The largest absolute Gasteiger partial charge is 0.362 e. The molecule has 0 amide bonds. The van der Waals surface area contributed by atoms with E-state index in [-0.39, 0.29) is 0 Å². The van der Waals surface area contributed by atoms with Gasteiger partial charge in [0.1, 0.15) is 17.8 Å². The fourth-order valence-corrected chi connectivity index (χ4v) is 3.46. The van der Waals surface area contributed by atoms with Crippen LogP contribution in [-0.2, 0) is 11.3 Å². The summed E-state index contributed by atoms with van der Waals surface area (Å²) >= 11 is 5.89. The van der Waals surface area contributed by atoms with Gasteiger partial charge in [-0.15, -0.1) is 0 Å². The maximum absolute atomic E-state index is 5.89. The number of piperidine rings is 1. The average Bonchev–Trinajstić information content (AvgIpc) is 3.16. The molecule has 2 N–H and O–H groups in total. The molecule has 136 valence electrons. The summed E-state index contributed by atoms with van der Waals surface area (Å²) in [6.07, 6.45) is 5.68. The summed E-state index contributed by atoms with van der Waals surface area (Å²) in [5.41, 5.74) is 2.02. The maximum Gasteiger partial charge on any atom is 0.142 e. The van der Waals surface area contributed by atoms with Crippen molar-refractivity contribution in [2.45, 2.75) is 25.5 Å². The van der Waals surface area contributed by atoms with E-state index in [0.717, 1.165) is 53.4 Å². The van der Waals surface area contributed by atoms with Gasteiger partial charge in [0.25, 0.3) is 0 Å². The van der Waals surface area contributed by atoms with Gasteiger partial charge >= 0.3 is 0 Å². The molecule has 3 aromatic rings. The monoisotopic (exact) mass is 371 g/mol. The van der Waals surface area contributed by atoms with Crippen molar-refractivity contribution in [1.82, 2.24) is 20.3 Å². The van der Waals surface area contributed by atoms with E-state index in [1.165, 1.54) is 0 Å². The van der Waals surface area contributed by atoms with E-state index in [9.17, 15) is 0 Å². The summed E-state index contributed by atoms with van der Waals surface area (Å²) in [6, 6.07) is 10.3. The van der Waals surface area contributed by atoms with Gasteiger partial charge in [0.05, 0.1) is 18.7 Å². The Hall–Kier alpha value is -2.15. The standard InChI is InChI=1S/C19H22ClN5O/c20-15-3-1-14(2-4-15)11-26-13-24-16-6-9-25(10-7-16)19-17-5-8-21-18(17)22-12-23-19/h1-5,8,12,16,24H,6-7,9-11,13H2,(H,21,22,23). The molecule has 4 rings (SSSR count). The number of nitrogens with zero attached hydrogens (tertiary/aromatic N) is 3. The minimum Gasteiger partial charge on any atom is -0.362 e. The topological polar surface area (TPSA) is 66.1 Å². The van der Waals surface area contributed by atoms with Gasteiger partial charge in [-0.25, -0.2) is 9.97 Å². The lowest BCUT2D eigenvalue weighted by molar-refractivity contribution is 0.0924. The number of nitrogens with one attached hydrogen (secondary N) is 2. The molecule has 3 heterocycles. The Morgan fingerprint density at radius 3 is 2.77 bits per heavy atom. The summed E-state index contributed by atoms with van der Waals surface area (Å²) in [4.78, 5) is 14.2. The minimum absolute atomic E-state index is 0.472. The van der Waals surface area contributed by atoms with Crippen molar-refractivity contribution in [3.05, 3.63) is 53.4 Å². The van der Waals surface area contributed by atoms with Crippen LogP contribution in [0, 0.1) is 0 Å². The molecular weight excluding hydrogens is 350 g/mol. The fraction of sp³-hybridized carbons (Fsp3) is 0.368. The predicted octanol–water partition coefficient (Wildman–Crippen LogP) is 3.34. The van der Waals surface area contributed by atoms with Crippen molar-refractivity contribution in [3.63, 3.8) is 0 Å². The number of rotatable bonds is 6. The van der Waals surface area contributed by atoms with Crippen molar-refractivity contribution < 1.29 is 4.74 Å². The first-order valence-corrected chi connectivity index (χ1v) is 9.26. The molecule has 7 heteroatoms. The molecular formula is C19H22ClN5O. The molecule has 1 fully saturated rings. The van der Waals surface area contributed by atoms with Crippen LogP contribution in [0.15, 0.2) is 42.9 Å². The molecule has 0 atom stereocenters. The number of fused-ring (bicyclic) bond motifs is 1. The van der Waals surface area contributed by atoms with Crippen molar-refractivity contribution in [2.24, 2.45) is 0 Å². The van der Waals surface area contributed by atoms with Crippen LogP contribution >= 0.6 is 11.6 Å². The zero-order chi connectivity index (χ0) is 17.8. The molecule has 1 aromatic carbocycles. The van der Waals surface area contributed by atoms with Gasteiger partial charge in [-0.2, -0.15) is 0 Å². The van der Waals surface area contributed by atoms with Gasteiger partial charge < -0.3 is 14.6 Å². The van der Waals surface area contributed by atoms with Gasteiger partial charge in [-0.05, 0) is 36.6 Å². The molecule has 26 heavy (non-hydrogen) atoms. The first-order valence-electron chi connectivity index (χ1n) is 8.88. The van der Waals surface area contributed by atoms with Crippen LogP contribution in [0.5, 0.6) is 0 Å². The zero-order valence-corrected chi connectivity index (χ0v) is 15.2. The number of hydrogen-bond acceptors (Lipinski definition) is 5. The minimum atomic E-state index is 0.472.